The van der Waals surface area contributed by atoms with Crippen molar-refractivity contribution in [3.05, 3.63) is 30.3 Å². The molecule has 1 saturated heterocycles. The maximum atomic E-state index is 11.4. The average Bonchev–Trinajstić information content (AvgIpc) is 2.78. The molecule has 1 aliphatic rings. The molecule has 1 atom stereocenters. The number of hydrogen-bond donors (Lipinski definition) is 0. The molecule has 0 radical (unpaired) electrons. The predicted molar refractivity (Wildman–Crippen MR) is 62.8 cm³/mol. The first-order valence-corrected chi connectivity index (χ1v) is 5.88. The van der Waals surface area contributed by atoms with Crippen LogP contribution in [-0.4, -0.2) is 35.9 Å². The van der Waals surface area contributed by atoms with E-state index in [1.54, 1.807) is 4.90 Å². The van der Waals surface area contributed by atoms with Crippen LogP contribution in [0.15, 0.2) is 30.3 Å². The number of ether oxygens (including phenoxy) is 1. The van der Waals surface area contributed by atoms with Crippen LogP contribution < -0.4 is 4.74 Å². The summed E-state index contributed by atoms with van der Waals surface area (Å²) in [4.78, 5) is 13.1. The van der Waals surface area contributed by atoms with Crippen molar-refractivity contribution in [3.8, 4) is 5.75 Å². The summed E-state index contributed by atoms with van der Waals surface area (Å²) in [6.07, 6.45) is 0.965. The number of likely N-dealkylation sites (tertiary alicyclic amines) is 1. The number of benzene rings is 1. The van der Waals surface area contributed by atoms with Gasteiger partial charge in [0.15, 0.2) is 0 Å². The Bertz CT molecular complexity index is 355. The van der Waals surface area contributed by atoms with Crippen molar-refractivity contribution >= 4 is 17.5 Å². The van der Waals surface area contributed by atoms with Gasteiger partial charge in [0.1, 0.15) is 17.7 Å². The van der Waals surface area contributed by atoms with Crippen molar-refractivity contribution in [1.29, 1.82) is 0 Å². The molecule has 86 valence electrons. The molecule has 2 rings (SSSR count). The lowest BCUT2D eigenvalue weighted by Gasteiger charge is -2.16. The van der Waals surface area contributed by atoms with Gasteiger partial charge >= 0.3 is 0 Å². The minimum Gasteiger partial charge on any atom is -0.489 e. The second kappa shape index (κ2) is 5.21. The van der Waals surface area contributed by atoms with Gasteiger partial charge in [0, 0.05) is 13.0 Å². The first-order valence-electron chi connectivity index (χ1n) is 5.35. The third kappa shape index (κ3) is 2.67. The Labute approximate surface area is 100.0 Å². The number of nitrogens with zero attached hydrogens (tertiary/aromatic N) is 1. The largest absolute Gasteiger partial charge is 0.489 e. The zero-order valence-electron chi connectivity index (χ0n) is 8.93. The fourth-order valence-electron chi connectivity index (χ4n) is 1.83. The molecule has 0 aromatic heterocycles. The zero-order chi connectivity index (χ0) is 11.4. The summed E-state index contributed by atoms with van der Waals surface area (Å²) in [5.41, 5.74) is 0. The maximum Gasteiger partial charge on any atom is 0.237 e. The lowest BCUT2D eigenvalue weighted by molar-refractivity contribution is -0.127. The normalized spacial score (nSPS) is 19.8. The number of para-hydroxylation sites is 1. The van der Waals surface area contributed by atoms with Crippen LogP contribution in [0, 0.1) is 0 Å². The summed E-state index contributed by atoms with van der Waals surface area (Å²) >= 11 is 5.51. The number of hydrogen-bond acceptors (Lipinski definition) is 2. The van der Waals surface area contributed by atoms with E-state index in [0.29, 0.717) is 6.54 Å². The Hall–Kier alpha value is -1.22. The Kier molecular flexibility index (Phi) is 3.67. The highest BCUT2D eigenvalue weighted by molar-refractivity contribution is 6.27. The van der Waals surface area contributed by atoms with E-state index in [4.69, 9.17) is 16.3 Å². The van der Waals surface area contributed by atoms with Crippen LogP contribution in [0.4, 0.5) is 0 Å². The highest BCUT2D eigenvalue weighted by Crippen LogP contribution is 2.18. The van der Waals surface area contributed by atoms with Crippen LogP contribution >= 0.6 is 11.6 Å². The van der Waals surface area contributed by atoms with Crippen molar-refractivity contribution in [3.63, 3.8) is 0 Å². The third-order valence-electron chi connectivity index (χ3n) is 2.66. The molecule has 0 unspecified atom stereocenters. The van der Waals surface area contributed by atoms with Crippen LogP contribution in [-0.2, 0) is 4.79 Å². The summed E-state index contributed by atoms with van der Waals surface area (Å²) in [7, 11) is 0. The van der Waals surface area contributed by atoms with E-state index in [1.807, 2.05) is 30.3 Å². The molecule has 1 fully saturated rings. The van der Waals surface area contributed by atoms with E-state index in [9.17, 15) is 4.79 Å². The molecule has 1 aromatic carbocycles. The van der Waals surface area contributed by atoms with Crippen LogP contribution in [0.25, 0.3) is 0 Å². The van der Waals surface area contributed by atoms with E-state index in [-0.39, 0.29) is 17.9 Å². The lowest BCUT2D eigenvalue weighted by Crippen LogP contribution is -2.31. The zero-order valence-corrected chi connectivity index (χ0v) is 9.69. The number of carbonyl (C=O) groups is 1. The van der Waals surface area contributed by atoms with Gasteiger partial charge in [0.25, 0.3) is 0 Å². The standard InChI is InChI=1S/C12H14ClNO2/c13-8-12(15)14-7-6-11(9-14)16-10-4-2-1-3-5-10/h1-5,11H,6-9H2/t11-/m0/s1. The number of carbonyl (C=O) groups excluding carboxylic acids is 1. The van der Waals surface area contributed by atoms with E-state index in [1.165, 1.54) is 0 Å². The van der Waals surface area contributed by atoms with Gasteiger partial charge in [0.2, 0.25) is 5.91 Å². The summed E-state index contributed by atoms with van der Waals surface area (Å²) < 4.78 is 5.76. The monoisotopic (exact) mass is 239 g/mol. The Morgan fingerprint density at radius 2 is 2.19 bits per heavy atom. The van der Waals surface area contributed by atoms with Crippen molar-refractivity contribution in [1.82, 2.24) is 4.90 Å². The molecule has 0 N–H and O–H groups in total. The molecule has 4 heteroatoms. The quantitative estimate of drug-likeness (QED) is 0.754. The van der Waals surface area contributed by atoms with Gasteiger partial charge < -0.3 is 9.64 Å². The predicted octanol–water partition coefficient (Wildman–Crippen LogP) is 1.91. The molecule has 0 bridgehead atoms. The molecule has 1 amide bonds. The van der Waals surface area contributed by atoms with Crippen LogP contribution in [0.3, 0.4) is 0 Å². The van der Waals surface area contributed by atoms with Crippen LogP contribution in [0.1, 0.15) is 6.42 Å². The van der Waals surface area contributed by atoms with Crippen molar-refractivity contribution in [2.75, 3.05) is 19.0 Å². The molecule has 16 heavy (non-hydrogen) atoms. The molecule has 1 aromatic rings. The van der Waals surface area contributed by atoms with Gasteiger partial charge in [-0.1, -0.05) is 18.2 Å². The van der Waals surface area contributed by atoms with Gasteiger partial charge in [-0.15, -0.1) is 11.6 Å². The second-order valence-corrected chi connectivity index (χ2v) is 4.08. The van der Waals surface area contributed by atoms with E-state index >= 15 is 0 Å². The molecular formula is C12H14ClNO2. The topological polar surface area (TPSA) is 29.5 Å². The average molecular weight is 240 g/mol. The van der Waals surface area contributed by atoms with Gasteiger partial charge in [-0.2, -0.15) is 0 Å². The van der Waals surface area contributed by atoms with Gasteiger partial charge in [-0.05, 0) is 12.1 Å². The smallest absolute Gasteiger partial charge is 0.237 e. The first-order chi connectivity index (χ1) is 7.79. The fraction of sp³-hybridized carbons (Fsp3) is 0.417. The van der Waals surface area contributed by atoms with Gasteiger partial charge in [0.05, 0.1) is 6.54 Å². The Morgan fingerprint density at radius 3 is 2.88 bits per heavy atom. The molecule has 1 aliphatic heterocycles. The first kappa shape index (κ1) is 11.3. The van der Waals surface area contributed by atoms with Gasteiger partial charge in [-0.25, -0.2) is 0 Å². The SMILES string of the molecule is O=C(CCl)N1CC[C@H](Oc2ccccc2)C1. The minimum atomic E-state index is -0.0131. The number of alkyl halides is 1. The second-order valence-electron chi connectivity index (χ2n) is 3.81. The molecule has 0 aliphatic carbocycles. The number of halogens is 1. The highest BCUT2D eigenvalue weighted by Gasteiger charge is 2.26. The summed E-state index contributed by atoms with van der Waals surface area (Å²) in [5, 5.41) is 0. The maximum absolute atomic E-state index is 11.4. The van der Waals surface area contributed by atoms with Crippen LogP contribution in [0.2, 0.25) is 0 Å². The van der Waals surface area contributed by atoms with E-state index in [2.05, 4.69) is 0 Å². The fourth-order valence-corrected chi connectivity index (χ4v) is 2.00. The third-order valence-corrected chi connectivity index (χ3v) is 2.89. The van der Waals surface area contributed by atoms with Crippen LogP contribution in [0.5, 0.6) is 5.75 Å². The van der Waals surface area contributed by atoms with E-state index < -0.39 is 0 Å². The van der Waals surface area contributed by atoms with Gasteiger partial charge in [-0.3, -0.25) is 4.79 Å². The van der Waals surface area contributed by atoms with Crippen molar-refractivity contribution in [2.24, 2.45) is 0 Å². The minimum absolute atomic E-state index is 0.0131. The summed E-state index contributed by atoms with van der Waals surface area (Å²) in [5.74, 6) is 0.895. The molecule has 3 nitrogen and oxygen atoms in total. The molecule has 1 heterocycles. The summed E-state index contributed by atoms with van der Waals surface area (Å²) in [6.45, 7) is 1.38. The Morgan fingerprint density at radius 1 is 1.44 bits per heavy atom. The summed E-state index contributed by atoms with van der Waals surface area (Å²) in [6, 6.07) is 9.67. The van der Waals surface area contributed by atoms with Crippen molar-refractivity contribution < 1.29 is 9.53 Å². The molecular weight excluding hydrogens is 226 g/mol. The molecule has 0 spiro atoms. The lowest BCUT2D eigenvalue weighted by atomic mass is 10.3. The van der Waals surface area contributed by atoms with Crippen molar-refractivity contribution in [2.45, 2.75) is 12.5 Å². The Balaban J connectivity index is 1.88. The number of rotatable bonds is 3. The van der Waals surface area contributed by atoms with E-state index in [0.717, 1.165) is 18.7 Å². The number of amides is 1. The molecule has 0 saturated carbocycles. The highest BCUT2D eigenvalue weighted by atomic mass is 35.5.